The van der Waals surface area contributed by atoms with Crippen LogP contribution in [-0.2, 0) is 0 Å². The summed E-state index contributed by atoms with van der Waals surface area (Å²) in [6.45, 7) is 3.42. The number of rotatable bonds is 2. The van der Waals surface area contributed by atoms with Crippen molar-refractivity contribution < 1.29 is 0 Å². The Hall–Kier alpha value is -2.00. The minimum atomic E-state index is 0.648. The van der Waals surface area contributed by atoms with E-state index in [-0.39, 0.29) is 0 Å². The molecule has 0 saturated carbocycles. The first-order chi connectivity index (χ1) is 10.8. The van der Waals surface area contributed by atoms with Crippen molar-refractivity contribution in [2.75, 3.05) is 30.3 Å². The summed E-state index contributed by atoms with van der Waals surface area (Å²) in [5.74, 6) is 0.787. The number of hydrogen-bond acceptors (Lipinski definition) is 3. The van der Waals surface area contributed by atoms with Gasteiger partial charge < -0.3 is 16.0 Å². The molecule has 3 nitrogen and oxygen atoms in total. The van der Waals surface area contributed by atoms with Gasteiger partial charge in [-0.05, 0) is 54.6 Å². The lowest BCUT2D eigenvalue weighted by molar-refractivity contribution is 0.340. The van der Waals surface area contributed by atoms with E-state index in [0.717, 1.165) is 24.7 Å². The predicted molar refractivity (Wildman–Crippen MR) is 93.0 cm³/mol. The zero-order valence-electron chi connectivity index (χ0n) is 12.8. The second-order valence-corrected chi connectivity index (χ2v) is 6.55. The summed E-state index contributed by atoms with van der Waals surface area (Å²) >= 11 is 0. The fourth-order valence-electron chi connectivity index (χ4n) is 3.87. The number of nitrogens with two attached hydrogens (primary N) is 1. The fraction of sp³-hybridized carbons (Fsp3) is 0.368. The first-order valence-corrected chi connectivity index (χ1v) is 8.24. The van der Waals surface area contributed by atoms with E-state index in [0.29, 0.717) is 6.04 Å². The summed E-state index contributed by atoms with van der Waals surface area (Å²) in [5.41, 5.74) is 10.7. The Morgan fingerprint density at radius 3 is 2.68 bits per heavy atom. The van der Waals surface area contributed by atoms with E-state index < -0.39 is 0 Å². The third-order valence-electron chi connectivity index (χ3n) is 5.01. The smallest absolute Gasteiger partial charge is 0.0393 e. The highest BCUT2D eigenvalue weighted by molar-refractivity contribution is 5.73. The van der Waals surface area contributed by atoms with Crippen molar-refractivity contribution in [2.24, 2.45) is 5.92 Å². The van der Waals surface area contributed by atoms with Crippen LogP contribution in [0.1, 0.15) is 12.8 Å². The van der Waals surface area contributed by atoms with E-state index in [9.17, 15) is 0 Å². The molecule has 0 unspecified atom stereocenters. The molecule has 2 aliphatic heterocycles. The lowest BCUT2D eigenvalue weighted by Crippen LogP contribution is -2.40. The molecule has 2 saturated heterocycles. The first-order valence-electron chi connectivity index (χ1n) is 8.24. The van der Waals surface area contributed by atoms with Crippen molar-refractivity contribution >= 4 is 11.4 Å². The third-order valence-corrected chi connectivity index (χ3v) is 5.01. The Morgan fingerprint density at radius 2 is 1.86 bits per heavy atom. The molecule has 2 aromatic rings. The van der Waals surface area contributed by atoms with Crippen molar-refractivity contribution in [1.82, 2.24) is 5.32 Å². The fourth-order valence-corrected chi connectivity index (χ4v) is 3.87. The van der Waals surface area contributed by atoms with Gasteiger partial charge in [-0.25, -0.2) is 0 Å². The number of hydrogen-bond donors (Lipinski definition) is 2. The molecule has 0 bridgehead atoms. The van der Waals surface area contributed by atoms with Gasteiger partial charge in [-0.1, -0.05) is 30.3 Å². The summed E-state index contributed by atoms with van der Waals surface area (Å²) < 4.78 is 0. The zero-order chi connectivity index (χ0) is 14.9. The molecule has 0 aromatic heterocycles. The van der Waals surface area contributed by atoms with Crippen molar-refractivity contribution in [2.45, 2.75) is 18.9 Å². The largest absolute Gasteiger partial charge is 0.399 e. The average Bonchev–Trinajstić information content (AvgIpc) is 2.99. The van der Waals surface area contributed by atoms with Crippen molar-refractivity contribution in [3.05, 3.63) is 48.5 Å². The number of nitrogen functional groups attached to an aromatic ring is 1. The van der Waals surface area contributed by atoms with Crippen LogP contribution in [0.3, 0.4) is 0 Å². The lowest BCUT2D eigenvalue weighted by atomic mass is 9.94. The van der Waals surface area contributed by atoms with Crippen molar-refractivity contribution in [3.63, 3.8) is 0 Å². The van der Waals surface area contributed by atoms with E-state index in [2.05, 4.69) is 52.7 Å². The number of piperidine rings is 1. The van der Waals surface area contributed by atoms with Crippen LogP contribution in [0.25, 0.3) is 11.1 Å². The Bertz CT molecular complexity index is 639. The molecule has 2 aliphatic rings. The molecule has 114 valence electrons. The van der Waals surface area contributed by atoms with Crippen molar-refractivity contribution in [3.8, 4) is 11.1 Å². The second-order valence-electron chi connectivity index (χ2n) is 6.55. The highest BCUT2D eigenvalue weighted by atomic mass is 15.2. The molecule has 0 aliphatic carbocycles. The van der Waals surface area contributed by atoms with E-state index in [1.807, 2.05) is 6.07 Å². The molecule has 0 amide bonds. The van der Waals surface area contributed by atoms with E-state index >= 15 is 0 Å². The van der Waals surface area contributed by atoms with E-state index in [1.165, 1.54) is 36.2 Å². The van der Waals surface area contributed by atoms with Crippen LogP contribution in [0.4, 0.5) is 11.4 Å². The third kappa shape index (κ3) is 2.57. The van der Waals surface area contributed by atoms with E-state index in [4.69, 9.17) is 5.73 Å². The molecular weight excluding hydrogens is 270 g/mol. The molecule has 2 atom stereocenters. The molecular formula is C19H23N3. The van der Waals surface area contributed by atoms with Crippen LogP contribution in [0.2, 0.25) is 0 Å². The Kier molecular flexibility index (Phi) is 3.51. The van der Waals surface area contributed by atoms with Gasteiger partial charge in [0, 0.05) is 30.5 Å². The number of nitrogens with zero attached hydrogens (tertiary/aromatic N) is 1. The molecule has 2 fully saturated rings. The Morgan fingerprint density at radius 1 is 1.00 bits per heavy atom. The summed E-state index contributed by atoms with van der Waals surface area (Å²) in [6, 6.07) is 17.6. The molecule has 0 radical (unpaired) electrons. The topological polar surface area (TPSA) is 41.3 Å². The summed E-state index contributed by atoms with van der Waals surface area (Å²) in [4.78, 5) is 2.50. The summed E-state index contributed by atoms with van der Waals surface area (Å²) in [5, 5.41) is 3.67. The van der Waals surface area contributed by atoms with Gasteiger partial charge >= 0.3 is 0 Å². The molecule has 0 spiro atoms. The van der Waals surface area contributed by atoms with Crippen LogP contribution in [0.5, 0.6) is 0 Å². The molecule has 4 rings (SSSR count). The van der Waals surface area contributed by atoms with Gasteiger partial charge in [0.25, 0.3) is 0 Å². The standard InChI is InChI=1S/C19H23N3/c20-17-9-16(14-5-2-1-3-6-14)10-18(11-17)22-12-15-7-4-8-21-19(15)13-22/h1-3,5-6,9-11,15,19,21H,4,7-8,12-13,20H2/t15-,19+/m1/s1. The average molecular weight is 293 g/mol. The maximum atomic E-state index is 6.17. The van der Waals surface area contributed by atoms with Crippen LogP contribution in [0, 0.1) is 5.92 Å². The lowest BCUT2D eigenvalue weighted by Gasteiger charge is -2.24. The highest BCUT2D eigenvalue weighted by Crippen LogP contribution is 2.33. The SMILES string of the molecule is Nc1cc(-c2ccccc2)cc(N2C[C@H]3CCCN[C@H]3C2)c1. The van der Waals surface area contributed by atoms with Crippen LogP contribution in [-0.4, -0.2) is 25.7 Å². The van der Waals surface area contributed by atoms with Gasteiger partial charge in [0.15, 0.2) is 0 Å². The second kappa shape index (κ2) is 5.65. The quantitative estimate of drug-likeness (QED) is 0.836. The normalized spacial score (nSPS) is 24.3. The summed E-state index contributed by atoms with van der Waals surface area (Å²) in [6.07, 6.45) is 2.66. The summed E-state index contributed by atoms with van der Waals surface area (Å²) in [7, 11) is 0. The van der Waals surface area contributed by atoms with E-state index in [1.54, 1.807) is 0 Å². The molecule has 3 heteroatoms. The minimum Gasteiger partial charge on any atom is -0.399 e. The van der Waals surface area contributed by atoms with Crippen LogP contribution in [0.15, 0.2) is 48.5 Å². The number of nitrogens with one attached hydrogen (secondary N) is 1. The van der Waals surface area contributed by atoms with Crippen LogP contribution < -0.4 is 16.0 Å². The van der Waals surface area contributed by atoms with Gasteiger partial charge in [-0.3, -0.25) is 0 Å². The number of fused-ring (bicyclic) bond motifs is 1. The van der Waals surface area contributed by atoms with Gasteiger partial charge in [0.05, 0.1) is 0 Å². The van der Waals surface area contributed by atoms with Gasteiger partial charge in [-0.2, -0.15) is 0 Å². The Balaban J connectivity index is 1.64. The molecule has 22 heavy (non-hydrogen) atoms. The van der Waals surface area contributed by atoms with Crippen molar-refractivity contribution in [1.29, 1.82) is 0 Å². The zero-order valence-corrected chi connectivity index (χ0v) is 12.8. The first kappa shape index (κ1) is 13.6. The highest BCUT2D eigenvalue weighted by Gasteiger charge is 2.34. The van der Waals surface area contributed by atoms with Gasteiger partial charge in [0.1, 0.15) is 0 Å². The van der Waals surface area contributed by atoms with Crippen LogP contribution >= 0.6 is 0 Å². The maximum Gasteiger partial charge on any atom is 0.0393 e. The van der Waals surface area contributed by atoms with Gasteiger partial charge in [0.2, 0.25) is 0 Å². The Labute approximate surface area is 132 Å². The maximum absolute atomic E-state index is 6.17. The molecule has 2 heterocycles. The molecule has 2 aromatic carbocycles. The number of anilines is 2. The van der Waals surface area contributed by atoms with Gasteiger partial charge in [-0.15, -0.1) is 0 Å². The molecule has 3 N–H and O–H groups in total. The monoisotopic (exact) mass is 293 g/mol. The number of benzene rings is 2. The predicted octanol–water partition coefficient (Wildman–Crippen LogP) is 3.12. The minimum absolute atomic E-state index is 0.648.